The molecule has 2 N–H and O–H groups in total. The average molecular weight is 250 g/mol. The topological polar surface area (TPSA) is 35.5 Å². The van der Waals surface area contributed by atoms with Gasteiger partial charge in [0.25, 0.3) is 0 Å². The molecule has 0 unspecified atom stereocenters. The second-order valence-electron chi connectivity index (χ2n) is 4.91. The lowest BCUT2D eigenvalue weighted by Crippen LogP contribution is -2.27. The molecular weight excluding hydrogens is 224 g/mol. The lowest BCUT2D eigenvalue weighted by Gasteiger charge is -2.23. The molecule has 0 aliphatic rings. The molecule has 0 saturated heterocycles. The molecule has 0 bridgehead atoms. The summed E-state index contributed by atoms with van der Waals surface area (Å²) >= 11 is 0. The van der Waals surface area contributed by atoms with Gasteiger partial charge in [0, 0.05) is 31.4 Å². The van der Waals surface area contributed by atoms with Crippen LogP contribution in [0.1, 0.15) is 32.8 Å². The molecule has 1 aromatic rings. The Morgan fingerprint density at radius 3 is 2.33 bits per heavy atom. The van der Waals surface area contributed by atoms with Crippen LogP contribution in [0.25, 0.3) is 0 Å². The van der Waals surface area contributed by atoms with Crippen LogP contribution in [0.2, 0.25) is 0 Å². The zero-order valence-corrected chi connectivity index (χ0v) is 11.8. The quantitative estimate of drug-likeness (QED) is 0.743. The first-order chi connectivity index (χ1) is 8.67. The molecule has 1 rings (SSSR count). The summed E-state index contributed by atoms with van der Waals surface area (Å²) in [6.07, 6.45) is 1.09. The van der Waals surface area contributed by atoms with Gasteiger partial charge in [-0.05, 0) is 24.1 Å². The van der Waals surface area contributed by atoms with Gasteiger partial charge in [0.1, 0.15) is 0 Å². The number of hydrogen-bond acceptors (Lipinski definition) is 3. The smallest absolute Gasteiger partial charge is 0.0606 e. The number of rotatable bonds is 8. The number of anilines is 1. The van der Waals surface area contributed by atoms with Crippen molar-refractivity contribution in [2.24, 2.45) is 0 Å². The van der Waals surface area contributed by atoms with Crippen LogP contribution in [0.15, 0.2) is 24.3 Å². The Labute approximate surface area is 111 Å². The number of aliphatic hydroxyl groups excluding tert-OH is 1. The summed E-state index contributed by atoms with van der Waals surface area (Å²) in [7, 11) is 0. The maximum atomic E-state index is 9.07. The summed E-state index contributed by atoms with van der Waals surface area (Å²) < 4.78 is 0. The third-order valence-corrected chi connectivity index (χ3v) is 2.88. The Morgan fingerprint density at radius 1 is 1.17 bits per heavy atom. The second-order valence-corrected chi connectivity index (χ2v) is 4.91. The highest BCUT2D eigenvalue weighted by molar-refractivity contribution is 5.47. The van der Waals surface area contributed by atoms with E-state index in [0.29, 0.717) is 12.6 Å². The summed E-state index contributed by atoms with van der Waals surface area (Å²) in [6, 6.07) is 9.11. The van der Waals surface area contributed by atoms with Gasteiger partial charge in [-0.2, -0.15) is 0 Å². The fraction of sp³-hybridized carbons (Fsp3) is 0.600. The SMILES string of the molecule is CCCN(CCO)c1ccc(CNC(C)C)cc1. The molecule has 3 nitrogen and oxygen atoms in total. The Bertz CT molecular complexity index is 316. The van der Waals surface area contributed by atoms with Gasteiger partial charge in [0.15, 0.2) is 0 Å². The average Bonchev–Trinajstić information content (AvgIpc) is 2.37. The molecule has 102 valence electrons. The van der Waals surface area contributed by atoms with E-state index in [1.807, 2.05) is 0 Å². The number of hydrogen-bond donors (Lipinski definition) is 2. The van der Waals surface area contributed by atoms with Gasteiger partial charge >= 0.3 is 0 Å². The lowest BCUT2D eigenvalue weighted by atomic mass is 10.2. The zero-order valence-electron chi connectivity index (χ0n) is 11.8. The van der Waals surface area contributed by atoms with Crippen molar-refractivity contribution in [3.05, 3.63) is 29.8 Å². The fourth-order valence-electron chi connectivity index (χ4n) is 1.91. The molecule has 0 aliphatic heterocycles. The van der Waals surface area contributed by atoms with Crippen molar-refractivity contribution in [1.29, 1.82) is 0 Å². The van der Waals surface area contributed by atoms with Crippen LogP contribution in [-0.2, 0) is 6.54 Å². The molecule has 0 saturated carbocycles. The lowest BCUT2D eigenvalue weighted by molar-refractivity contribution is 0.302. The van der Waals surface area contributed by atoms with E-state index in [1.165, 1.54) is 11.3 Å². The number of aliphatic hydroxyl groups is 1. The molecule has 0 fully saturated rings. The van der Waals surface area contributed by atoms with Crippen molar-refractivity contribution in [3.63, 3.8) is 0 Å². The van der Waals surface area contributed by atoms with Gasteiger partial charge < -0.3 is 15.3 Å². The van der Waals surface area contributed by atoms with Gasteiger partial charge in [0.05, 0.1) is 6.61 Å². The predicted octanol–water partition coefficient (Wildman–Crippen LogP) is 2.39. The van der Waals surface area contributed by atoms with Gasteiger partial charge in [-0.1, -0.05) is 32.9 Å². The molecule has 0 aromatic heterocycles. The van der Waals surface area contributed by atoms with E-state index in [-0.39, 0.29) is 6.61 Å². The molecular formula is C15H26N2O. The summed E-state index contributed by atoms with van der Waals surface area (Å²) in [5, 5.41) is 12.5. The van der Waals surface area contributed by atoms with Gasteiger partial charge in [-0.25, -0.2) is 0 Å². The van der Waals surface area contributed by atoms with Crippen molar-refractivity contribution >= 4 is 5.69 Å². The normalized spacial score (nSPS) is 10.9. The first kappa shape index (κ1) is 15.0. The Hall–Kier alpha value is -1.06. The van der Waals surface area contributed by atoms with Crippen molar-refractivity contribution in [2.45, 2.75) is 39.8 Å². The number of benzene rings is 1. The molecule has 0 radical (unpaired) electrons. The second kappa shape index (κ2) is 8.11. The molecule has 18 heavy (non-hydrogen) atoms. The zero-order chi connectivity index (χ0) is 13.4. The Balaban J connectivity index is 2.61. The fourth-order valence-corrected chi connectivity index (χ4v) is 1.91. The van der Waals surface area contributed by atoms with Gasteiger partial charge in [-0.3, -0.25) is 0 Å². The maximum Gasteiger partial charge on any atom is 0.0606 e. The van der Waals surface area contributed by atoms with Crippen LogP contribution in [0.4, 0.5) is 5.69 Å². The highest BCUT2D eigenvalue weighted by Gasteiger charge is 2.04. The third-order valence-electron chi connectivity index (χ3n) is 2.88. The van der Waals surface area contributed by atoms with E-state index in [1.54, 1.807) is 0 Å². The first-order valence-corrected chi connectivity index (χ1v) is 6.85. The van der Waals surface area contributed by atoms with Gasteiger partial charge in [0.2, 0.25) is 0 Å². The van der Waals surface area contributed by atoms with E-state index in [2.05, 4.69) is 55.3 Å². The summed E-state index contributed by atoms with van der Waals surface area (Å²) in [5.41, 5.74) is 2.49. The van der Waals surface area contributed by atoms with Crippen LogP contribution in [-0.4, -0.2) is 30.8 Å². The van der Waals surface area contributed by atoms with E-state index in [4.69, 9.17) is 5.11 Å². The van der Waals surface area contributed by atoms with Crippen LogP contribution in [0.5, 0.6) is 0 Å². The third kappa shape index (κ3) is 5.07. The summed E-state index contributed by atoms with van der Waals surface area (Å²) in [6.45, 7) is 9.27. The number of nitrogens with zero attached hydrogens (tertiary/aromatic N) is 1. The molecule has 0 spiro atoms. The van der Waals surface area contributed by atoms with Crippen LogP contribution in [0, 0.1) is 0 Å². The van der Waals surface area contributed by atoms with Crippen LogP contribution >= 0.6 is 0 Å². The van der Waals surface area contributed by atoms with E-state index in [9.17, 15) is 0 Å². The van der Waals surface area contributed by atoms with E-state index < -0.39 is 0 Å². The molecule has 0 amide bonds. The Kier molecular flexibility index (Phi) is 6.76. The monoisotopic (exact) mass is 250 g/mol. The highest BCUT2D eigenvalue weighted by Crippen LogP contribution is 2.15. The molecule has 0 atom stereocenters. The highest BCUT2D eigenvalue weighted by atomic mass is 16.3. The first-order valence-electron chi connectivity index (χ1n) is 6.85. The van der Waals surface area contributed by atoms with Gasteiger partial charge in [-0.15, -0.1) is 0 Å². The van der Waals surface area contributed by atoms with Crippen molar-refractivity contribution in [3.8, 4) is 0 Å². The predicted molar refractivity (Wildman–Crippen MR) is 78.0 cm³/mol. The van der Waals surface area contributed by atoms with Crippen molar-refractivity contribution in [1.82, 2.24) is 5.32 Å². The summed E-state index contributed by atoms with van der Waals surface area (Å²) in [4.78, 5) is 2.22. The van der Waals surface area contributed by atoms with E-state index >= 15 is 0 Å². The van der Waals surface area contributed by atoms with Crippen molar-refractivity contribution in [2.75, 3.05) is 24.6 Å². The standard InChI is InChI=1S/C15H26N2O/c1-4-9-17(10-11-18)15-7-5-14(6-8-15)12-16-13(2)3/h5-8,13,16,18H,4,9-12H2,1-3H3. The summed E-state index contributed by atoms with van der Waals surface area (Å²) in [5.74, 6) is 0. The molecule has 1 aromatic carbocycles. The minimum Gasteiger partial charge on any atom is -0.395 e. The minimum absolute atomic E-state index is 0.205. The number of nitrogens with one attached hydrogen (secondary N) is 1. The molecule has 0 aliphatic carbocycles. The minimum atomic E-state index is 0.205. The Morgan fingerprint density at radius 2 is 1.83 bits per heavy atom. The molecule has 3 heteroatoms. The largest absolute Gasteiger partial charge is 0.395 e. The van der Waals surface area contributed by atoms with Crippen LogP contribution in [0.3, 0.4) is 0 Å². The van der Waals surface area contributed by atoms with Crippen LogP contribution < -0.4 is 10.2 Å². The maximum absolute atomic E-state index is 9.07. The van der Waals surface area contributed by atoms with Crippen molar-refractivity contribution < 1.29 is 5.11 Å². The molecule has 0 heterocycles. The van der Waals surface area contributed by atoms with E-state index in [0.717, 1.165) is 19.5 Å².